The zero-order chi connectivity index (χ0) is 15.6. The number of urea groups is 1. The molecule has 5 nitrogen and oxygen atoms in total. The molecule has 1 N–H and O–H groups in total. The van der Waals surface area contributed by atoms with Crippen molar-refractivity contribution in [1.82, 2.24) is 9.88 Å². The van der Waals surface area contributed by atoms with Gasteiger partial charge in [0.05, 0.1) is 5.69 Å². The fourth-order valence-electron chi connectivity index (χ4n) is 3.29. The molecule has 23 heavy (non-hydrogen) atoms. The van der Waals surface area contributed by atoms with Crippen molar-refractivity contribution < 1.29 is 4.79 Å². The molecule has 0 spiro atoms. The van der Waals surface area contributed by atoms with Crippen LogP contribution in [0.25, 0.3) is 0 Å². The number of hydrogen-bond donors (Lipinski definition) is 1. The Morgan fingerprint density at radius 1 is 1.22 bits per heavy atom. The van der Waals surface area contributed by atoms with Crippen molar-refractivity contribution in [3.63, 3.8) is 0 Å². The van der Waals surface area contributed by atoms with Gasteiger partial charge in [0, 0.05) is 37.3 Å². The van der Waals surface area contributed by atoms with Gasteiger partial charge in [0.15, 0.2) is 5.82 Å². The molecule has 6 heteroatoms. The second-order valence-electron chi connectivity index (χ2n) is 6.04. The topological polar surface area (TPSA) is 48.5 Å². The Balaban J connectivity index is 1.49. The molecule has 2 aliphatic rings. The molecule has 0 unspecified atom stereocenters. The number of hydrogen-bond acceptors (Lipinski definition) is 4. The highest BCUT2D eigenvalue weighted by Gasteiger charge is 2.23. The van der Waals surface area contributed by atoms with Gasteiger partial charge in [-0.05, 0) is 48.4 Å². The van der Waals surface area contributed by atoms with Gasteiger partial charge in [0.25, 0.3) is 0 Å². The molecule has 0 radical (unpaired) electrons. The summed E-state index contributed by atoms with van der Waals surface area (Å²) in [4.78, 5) is 22.7. The van der Waals surface area contributed by atoms with Crippen LogP contribution < -0.4 is 10.2 Å². The van der Waals surface area contributed by atoms with Crippen molar-refractivity contribution >= 4 is 28.9 Å². The number of thiophene rings is 1. The molecule has 0 bridgehead atoms. The molecule has 2 aromatic rings. The summed E-state index contributed by atoms with van der Waals surface area (Å²) in [6.07, 6.45) is 5.13. The summed E-state index contributed by atoms with van der Waals surface area (Å²) in [6, 6.07) is 5.91. The van der Waals surface area contributed by atoms with E-state index in [-0.39, 0.29) is 6.03 Å². The second kappa shape index (κ2) is 6.20. The van der Waals surface area contributed by atoms with Gasteiger partial charge >= 0.3 is 6.03 Å². The van der Waals surface area contributed by atoms with E-state index in [1.807, 2.05) is 17.0 Å². The number of pyridine rings is 1. The van der Waals surface area contributed by atoms with Gasteiger partial charge in [0.1, 0.15) is 0 Å². The van der Waals surface area contributed by atoms with Crippen molar-refractivity contribution in [3.8, 4) is 0 Å². The SMILES string of the molecule is O=C(Nc1cccnc1N1CCCC1)N1CCc2sccc2C1. The Kier molecular flexibility index (Phi) is 3.91. The average molecular weight is 328 g/mol. The van der Waals surface area contributed by atoms with E-state index in [2.05, 4.69) is 26.6 Å². The van der Waals surface area contributed by atoms with Crippen LogP contribution in [0.1, 0.15) is 23.3 Å². The molecule has 2 amide bonds. The largest absolute Gasteiger partial charge is 0.355 e. The van der Waals surface area contributed by atoms with Crippen LogP contribution in [0.4, 0.5) is 16.3 Å². The summed E-state index contributed by atoms with van der Waals surface area (Å²) in [6.45, 7) is 3.51. The van der Waals surface area contributed by atoms with E-state index in [4.69, 9.17) is 0 Å². The van der Waals surface area contributed by atoms with E-state index in [1.165, 1.54) is 23.3 Å². The Labute approximate surface area is 139 Å². The van der Waals surface area contributed by atoms with E-state index in [9.17, 15) is 4.79 Å². The third kappa shape index (κ3) is 2.91. The normalized spacial score (nSPS) is 17.2. The molecule has 4 heterocycles. The molecule has 120 valence electrons. The van der Waals surface area contributed by atoms with Crippen molar-refractivity contribution in [3.05, 3.63) is 40.2 Å². The summed E-state index contributed by atoms with van der Waals surface area (Å²) in [7, 11) is 0. The van der Waals surface area contributed by atoms with Crippen molar-refractivity contribution in [2.75, 3.05) is 29.9 Å². The molecule has 2 aliphatic heterocycles. The number of rotatable bonds is 2. The highest BCUT2D eigenvalue weighted by Crippen LogP contribution is 2.28. The molecular formula is C17H20N4OS. The zero-order valence-electron chi connectivity index (χ0n) is 13.0. The van der Waals surface area contributed by atoms with E-state index in [1.54, 1.807) is 17.5 Å². The summed E-state index contributed by atoms with van der Waals surface area (Å²) in [5.41, 5.74) is 2.10. The molecule has 2 aromatic heterocycles. The first-order valence-electron chi connectivity index (χ1n) is 8.12. The quantitative estimate of drug-likeness (QED) is 0.920. The van der Waals surface area contributed by atoms with Crippen molar-refractivity contribution in [2.24, 2.45) is 0 Å². The summed E-state index contributed by atoms with van der Waals surface area (Å²) in [5.74, 6) is 0.895. The lowest BCUT2D eigenvalue weighted by atomic mass is 10.1. The van der Waals surface area contributed by atoms with Gasteiger partial charge in [-0.15, -0.1) is 11.3 Å². The van der Waals surface area contributed by atoms with E-state index < -0.39 is 0 Å². The van der Waals surface area contributed by atoms with Gasteiger partial charge in [-0.3, -0.25) is 0 Å². The van der Waals surface area contributed by atoms with Gasteiger partial charge < -0.3 is 15.1 Å². The minimum atomic E-state index is -0.0321. The average Bonchev–Trinajstić information content (AvgIpc) is 3.26. The first-order chi connectivity index (χ1) is 11.3. The molecule has 1 fully saturated rings. The number of fused-ring (bicyclic) bond motifs is 1. The van der Waals surface area contributed by atoms with Crippen LogP contribution in [0.5, 0.6) is 0 Å². The van der Waals surface area contributed by atoms with Gasteiger partial charge in [-0.25, -0.2) is 9.78 Å². The Morgan fingerprint density at radius 2 is 2.09 bits per heavy atom. The molecule has 4 rings (SSSR count). The summed E-state index contributed by atoms with van der Waals surface area (Å²) < 4.78 is 0. The van der Waals surface area contributed by atoms with Crippen LogP contribution in [0.2, 0.25) is 0 Å². The Morgan fingerprint density at radius 3 is 2.96 bits per heavy atom. The highest BCUT2D eigenvalue weighted by molar-refractivity contribution is 7.10. The lowest BCUT2D eigenvalue weighted by Crippen LogP contribution is -2.38. The van der Waals surface area contributed by atoms with Gasteiger partial charge in [0.2, 0.25) is 0 Å². The maximum atomic E-state index is 12.6. The zero-order valence-corrected chi connectivity index (χ0v) is 13.8. The van der Waals surface area contributed by atoms with Crippen molar-refractivity contribution in [1.29, 1.82) is 0 Å². The number of nitrogens with zero attached hydrogens (tertiary/aromatic N) is 3. The molecular weight excluding hydrogens is 308 g/mol. The lowest BCUT2D eigenvalue weighted by molar-refractivity contribution is 0.207. The molecule has 1 saturated heterocycles. The fraction of sp³-hybridized carbons (Fsp3) is 0.412. The van der Waals surface area contributed by atoms with Crippen LogP contribution in [-0.2, 0) is 13.0 Å². The molecule has 0 aromatic carbocycles. The number of nitrogens with one attached hydrogen (secondary N) is 1. The molecule has 0 atom stereocenters. The summed E-state index contributed by atoms with van der Waals surface area (Å²) in [5, 5.41) is 5.18. The van der Waals surface area contributed by atoms with Crippen molar-refractivity contribution in [2.45, 2.75) is 25.8 Å². The lowest BCUT2D eigenvalue weighted by Gasteiger charge is -2.28. The third-order valence-electron chi connectivity index (χ3n) is 4.53. The fourth-order valence-corrected chi connectivity index (χ4v) is 4.18. The molecule has 0 saturated carbocycles. The van der Waals surface area contributed by atoms with Crippen LogP contribution in [0.15, 0.2) is 29.8 Å². The van der Waals surface area contributed by atoms with E-state index >= 15 is 0 Å². The first kappa shape index (κ1) is 14.5. The Bertz CT molecular complexity index is 708. The highest BCUT2D eigenvalue weighted by atomic mass is 32.1. The predicted molar refractivity (Wildman–Crippen MR) is 93.1 cm³/mol. The monoisotopic (exact) mass is 328 g/mol. The smallest absolute Gasteiger partial charge is 0.322 e. The predicted octanol–water partition coefficient (Wildman–Crippen LogP) is 3.33. The second-order valence-corrected chi connectivity index (χ2v) is 7.04. The van der Waals surface area contributed by atoms with E-state index in [0.29, 0.717) is 6.54 Å². The minimum Gasteiger partial charge on any atom is -0.355 e. The maximum absolute atomic E-state index is 12.6. The van der Waals surface area contributed by atoms with Crippen LogP contribution in [0.3, 0.4) is 0 Å². The standard InChI is InChI=1S/C17H20N4OS/c22-17(21-10-5-15-13(12-21)6-11-23-15)19-14-4-3-7-18-16(14)20-8-1-2-9-20/h3-4,6-7,11H,1-2,5,8-10,12H2,(H,19,22). The number of carbonyl (C=O) groups excluding carboxylic acids is 1. The van der Waals surface area contributed by atoms with Crippen LogP contribution >= 0.6 is 11.3 Å². The van der Waals surface area contributed by atoms with Crippen LogP contribution in [0, 0.1) is 0 Å². The maximum Gasteiger partial charge on any atom is 0.322 e. The van der Waals surface area contributed by atoms with E-state index in [0.717, 1.165) is 37.6 Å². The summed E-state index contributed by atoms with van der Waals surface area (Å²) >= 11 is 1.79. The number of amides is 2. The minimum absolute atomic E-state index is 0.0321. The molecule has 0 aliphatic carbocycles. The van der Waals surface area contributed by atoms with Gasteiger partial charge in [-0.1, -0.05) is 0 Å². The van der Waals surface area contributed by atoms with Gasteiger partial charge in [-0.2, -0.15) is 0 Å². The third-order valence-corrected chi connectivity index (χ3v) is 5.55. The number of aromatic nitrogens is 1. The Hall–Kier alpha value is -2.08. The first-order valence-corrected chi connectivity index (χ1v) is 9.00. The number of carbonyl (C=O) groups is 1. The van der Waals surface area contributed by atoms with Crippen LogP contribution in [-0.4, -0.2) is 35.5 Å². The number of anilines is 2.